The molecule has 0 N–H and O–H groups in total. The number of nitrogens with zero attached hydrogens (tertiary/aromatic N) is 2. The van der Waals surface area contributed by atoms with E-state index in [2.05, 4.69) is 0 Å². The molecule has 0 bridgehead atoms. The Morgan fingerprint density at radius 1 is 1.14 bits per heavy atom. The molecule has 0 fully saturated rings. The van der Waals surface area contributed by atoms with Gasteiger partial charge < -0.3 is 9.30 Å². The van der Waals surface area contributed by atoms with Crippen LogP contribution in [0.4, 0.5) is 0 Å². The highest BCUT2D eigenvalue weighted by molar-refractivity contribution is 7.89. The van der Waals surface area contributed by atoms with Gasteiger partial charge in [-0.25, -0.2) is 13.2 Å². The Balaban J connectivity index is 2.27. The Kier molecular flexibility index (Phi) is 7.03. The molecule has 0 aliphatic carbocycles. The molecular formula is C19H23ClN2O5S. The van der Waals surface area contributed by atoms with E-state index >= 15 is 0 Å². The van der Waals surface area contributed by atoms with Gasteiger partial charge in [0.1, 0.15) is 12.3 Å². The lowest BCUT2D eigenvalue weighted by Crippen LogP contribution is -2.32. The molecule has 1 aromatic carbocycles. The number of halogens is 1. The highest BCUT2D eigenvalue weighted by Gasteiger charge is 2.22. The topological polar surface area (TPSA) is 85.7 Å². The summed E-state index contributed by atoms with van der Waals surface area (Å²) in [5.74, 6) is -0.384. The summed E-state index contributed by atoms with van der Waals surface area (Å²) in [6, 6.07) is 5.61. The number of benzene rings is 1. The minimum Gasteiger partial charge on any atom is -0.425 e. The van der Waals surface area contributed by atoms with Crippen LogP contribution in [-0.4, -0.2) is 36.3 Å². The van der Waals surface area contributed by atoms with Gasteiger partial charge in [-0.1, -0.05) is 25.4 Å². The van der Waals surface area contributed by atoms with E-state index in [9.17, 15) is 18.0 Å². The molecule has 0 atom stereocenters. The van der Waals surface area contributed by atoms with Gasteiger partial charge >= 0.3 is 5.97 Å². The standard InChI is InChI=1S/C19H23ClN2O5S/c1-5-22(6-2)28(25,26)16-7-8-17(23)21(11-16)12-18(24)27-15-9-13(3)19(20)14(4)10-15/h7-11H,5-6,12H2,1-4H3. The number of carbonyl (C=O) groups excluding carboxylic acids is 1. The first-order valence-electron chi connectivity index (χ1n) is 8.78. The summed E-state index contributed by atoms with van der Waals surface area (Å²) in [5.41, 5.74) is 1.02. The van der Waals surface area contributed by atoms with Crippen molar-refractivity contribution < 1.29 is 17.9 Å². The zero-order valence-corrected chi connectivity index (χ0v) is 17.8. The number of hydrogen-bond donors (Lipinski definition) is 0. The molecule has 1 aromatic heterocycles. The molecule has 0 unspecified atom stereocenters. The van der Waals surface area contributed by atoms with Crippen molar-refractivity contribution in [3.8, 4) is 5.75 Å². The van der Waals surface area contributed by atoms with Gasteiger partial charge in [0.05, 0.1) is 4.90 Å². The predicted octanol–water partition coefficient (Wildman–Crippen LogP) is 2.75. The third kappa shape index (κ3) is 4.81. The van der Waals surface area contributed by atoms with Crippen molar-refractivity contribution in [1.82, 2.24) is 8.87 Å². The van der Waals surface area contributed by atoms with E-state index < -0.39 is 28.1 Å². The second-order valence-corrected chi connectivity index (χ2v) is 8.58. The minimum atomic E-state index is -3.74. The second-order valence-electron chi connectivity index (χ2n) is 6.27. The molecule has 0 radical (unpaired) electrons. The van der Waals surface area contributed by atoms with Crippen molar-refractivity contribution in [3.05, 3.63) is 57.0 Å². The maximum atomic E-state index is 12.6. The van der Waals surface area contributed by atoms with Gasteiger partial charge in [0.25, 0.3) is 5.56 Å². The zero-order valence-electron chi connectivity index (χ0n) is 16.2. The smallest absolute Gasteiger partial charge is 0.331 e. The highest BCUT2D eigenvalue weighted by atomic mass is 35.5. The van der Waals surface area contributed by atoms with Crippen LogP contribution in [0.1, 0.15) is 25.0 Å². The van der Waals surface area contributed by atoms with Gasteiger partial charge in [0.2, 0.25) is 10.0 Å². The second kappa shape index (κ2) is 8.89. The number of sulfonamides is 1. The van der Waals surface area contributed by atoms with Crippen LogP contribution >= 0.6 is 11.6 Å². The normalized spacial score (nSPS) is 11.6. The summed E-state index contributed by atoms with van der Waals surface area (Å²) >= 11 is 6.10. The number of pyridine rings is 1. The molecule has 0 aliphatic heterocycles. The van der Waals surface area contributed by atoms with Crippen LogP contribution in [-0.2, 0) is 21.4 Å². The molecule has 0 spiro atoms. The first-order chi connectivity index (χ1) is 13.1. The molecule has 0 aliphatic rings. The van der Waals surface area contributed by atoms with Crippen LogP contribution in [0.3, 0.4) is 0 Å². The molecule has 2 rings (SSSR count). The number of carbonyl (C=O) groups is 1. The van der Waals surface area contributed by atoms with Crippen molar-refractivity contribution in [1.29, 1.82) is 0 Å². The van der Waals surface area contributed by atoms with Crippen LogP contribution in [0.15, 0.2) is 40.2 Å². The number of ether oxygens (including phenoxy) is 1. The van der Waals surface area contributed by atoms with Gasteiger partial charge in [-0.2, -0.15) is 4.31 Å². The Hall–Kier alpha value is -2.16. The summed E-state index contributed by atoms with van der Waals surface area (Å²) in [6.45, 7) is 7.22. The van der Waals surface area contributed by atoms with Crippen LogP contribution < -0.4 is 10.3 Å². The van der Waals surface area contributed by atoms with E-state index in [1.807, 2.05) is 0 Å². The number of rotatable bonds is 7. The van der Waals surface area contributed by atoms with Gasteiger partial charge in [0, 0.05) is 30.4 Å². The fraction of sp³-hybridized carbons (Fsp3) is 0.368. The van der Waals surface area contributed by atoms with Crippen molar-refractivity contribution in [2.75, 3.05) is 13.1 Å². The highest BCUT2D eigenvalue weighted by Crippen LogP contribution is 2.26. The van der Waals surface area contributed by atoms with Crippen molar-refractivity contribution >= 4 is 27.6 Å². The van der Waals surface area contributed by atoms with Gasteiger partial charge in [-0.3, -0.25) is 4.79 Å². The fourth-order valence-electron chi connectivity index (χ4n) is 2.77. The van der Waals surface area contributed by atoms with E-state index in [4.69, 9.17) is 16.3 Å². The van der Waals surface area contributed by atoms with Gasteiger partial charge in [0.15, 0.2) is 0 Å². The molecule has 28 heavy (non-hydrogen) atoms. The maximum absolute atomic E-state index is 12.6. The van der Waals surface area contributed by atoms with Crippen LogP contribution in [0.25, 0.3) is 0 Å². The minimum absolute atomic E-state index is 0.0539. The average molecular weight is 427 g/mol. The molecule has 1 heterocycles. The van der Waals surface area contributed by atoms with E-state index in [-0.39, 0.29) is 4.90 Å². The molecule has 152 valence electrons. The lowest BCUT2D eigenvalue weighted by atomic mass is 10.1. The van der Waals surface area contributed by atoms with E-state index in [0.717, 1.165) is 28.0 Å². The fourth-order valence-corrected chi connectivity index (χ4v) is 4.35. The molecule has 2 aromatic rings. The van der Waals surface area contributed by atoms with Crippen LogP contribution in [0.2, 0.25) is 5.02 Å². The summed E-state index contributed by atoms with van der Waals surface area (Å²) in [4.78, 5) is 24.3. The molecule has 0 saturated heterocycles. The number of hydrogen-bond acceptors (Lipinski definition) is 5. The first-order valence-corrected chi connectivity index (χ1v) is 10.6. The van der Waals surface area contributed by atoms with Crippen molar-refractivity contribution in [3.63, 3.8) is 0 Å². The summed E-state index contributed by atoms with van der Waals surface area (Å²) in [5, 5.41) is 0.588. The Morgan fingerprint density at radius 2 is 1.71 bits per heavy atom. The largest absolute Gasteiger partial charge is 0.425 e. The summed E-state index contributed by atoms with van der Waals surface area (Å²) in [6.07, 6.45) is 1.16. The van der Waals surface area contributed by atoms with E-state index in [0.29, 0.717) is 23.9 Å². The van der Waals surface area contributed by atoms with Crippen LogP contribution in [0, 0.1) is 13.8 Å². The summed E-state index contributed by atoms with van der Waals surface area (Å²) in [7, 11) is -3.74. The zero-order chi connectivity index (χ0) is 21.1. The maximum Gasteiger partial charge on any atom is 0.331 e. The Morgan fingerprint density at radius 3 is 2.25 bits per heavy atom. The first kappa shape index (κ1) is 22.1. The van der Waals surface area contributed by atoms with Crippen molar-refractivity contribution in [2.45, 2.75) is 39.1 Å². The van der Waals surface area contributed by atoms with Gasteiger partial charge in [-0.15, -0.1) is 0 Å². The van der Waals surface area contributed by atoms with E-state index in [1.54, 1.807) is 39.8 Å². The molecular weight excluding hydrogens is 404 g/mol. The number of aryl methyl sites for hydroxylation is 2. The molecule has 7 nitrogen and oxygen atoms in total. The third-order valence-electron chi connectivity index (χ3n) is 4.24. The SMILES string of the molecule is CCN(CC)S(=O)(=O)c1ccc(=O)n(CC(=O)Oc2cc(C)c(Cl)c(C)c2)c1. The quantitative estimate of drug-likeness (QED) is 0.502. The molecule has 9 heteroatoms. The monoisotopic (exact) mass is 426 g/mol. The van der Waals surface area contributed by atoms with Crippen LogP contribution in [0.5, 0.6) is 5.75 Å². The van der Waals surface area contributed by atoms with E-state index in [1.165, 1.54) is 10.4 Å². The molecule has 0 amide bonds. The predicted molar refractivity (Wildman–Crippen MR) is 107 cm³/mol. The third-order valence-corrected chi connectivity index (χ3v) is 6.87. The van der Waals surface area contributed by atoms with Gasteiger partial charge in [-0.05, 0) is 43.2 Å². The number of esters is 1. The average Bonchev–Trinajstić information content (AvgIpc) is 2.62. The Labute approximate surface area is 169 Å². The van der Waals surface area contributed by atoms with Crippen molar-refractivity contribution in [2.24, 2.45) is 0 Å². The molecule has 0 saturated carbocycles. The lowest BCUT2D eigenvalue weighted by Gasteiger charge is -2.19. The Bertz CT molecular complexity index is 1020. The summed E-state index contributed by atoms with van der Waals surface area (Å²) < 4.78 is 32.8. The number of aromatic nitrogens is 1. The lowest BCUT2D eigenvalue weighted by molar-refractivity contribution is -0.135.